The molecule has 0 aliphatic carbocycles. The number of nitrogens with zero attached hydrogens (tertiary/aromatic N) is 1. The molecule has 1 amide bonds. The molecule has 0 unspecified atom stereocenters. The van der Waals surface area contributed by atoms with Crippen molar-refractivity contribution in [1.82, 2.24) is 9.88 Å². The minimum Gasteiger partial charge on any atom is -0.493 e. The predicted octanol–water partition coefficient (Wildman–Crippen LogP) is 4.40. The van der Waals surface area contributed by atoms with E-state index in [1.807, 2.05) is 36.2 Å². The molecular weight excluding hydrogens is 404 g/mol. The molecule has 2 aromatic carbocycles. The molecule has 0 saturated heterocycles. The Morgan fingerprint density at radius 3 is 2.81 bits per heavy atom. The molecule has 6 nitrogen and oxygen atoms in total. The summed E-state index contributed by atoms with van der Waals surface area (Å²) in [5, 5.41) is 1.14. The Balaban J connectivity index is 1.63. The van der Waals surface area contributed by atoms with Crippen LogP contribution in [0.2, 0.25) is 0 Å². The summed E-state index contributed by atoms with van der Waals surface area (Å²) in [5.74, 6) is 1.61. The number of hydrogen-bond donors (Lipinski definition) is 1. The first-order valence-corrected chi connectivity index (χ1v) is 11.2. The van der Waals surface area contributed by atoms with Crippen LogP contribution in [0.5, 0.6) is 11.5 Å². The highest BCUT2D eigenvalue weighted by atomic mass is 16.5. The van der Waals surface area contributed by atoms with E-state index in [2.05, 4.69) is 17.1 Å². The SMILES string of the molecule is CCOc1cc2c(cc1OC)CCN(C=O)[C@@H]2CCc1c[nH]c2ccc(CC(C)=O)cc12. The van der Waals surface area contributed by atoms with Crippen LogP contribution < -0.4 is 9.47 Å². The first-order chi connectivity index (χ1) is 15.5. The second kappa shape index (κ2) is 9.47. The summed E-state index contributed by atoms with van der Waals surface area (Å²) in [6.45, 7) is 4.80. The zero-order chi connectivity index (χ0) is 22.7. The molecule has 0 saturated carbocycles. The zero-order valence-corrected chi connectivity index (χ0v) is 18.9. The third-order valence-electron chi connectivity index (χ3n) is 6.23. The number of fused-ring (bicyclic) bond motifs is 2. The lowest BCUT2D eigenvalue weighted by Gasteiger charge is -2.35. The Hall–Kier alpha value is -3.28. The van der Waals surface area contributed by atoms with Gasteiger partial charge in [-0.1, -0.05) is 6.07 Å². The number of ketones is 1. The van der Waals surface area contributed by atoms with Crippen molar-refractivity contribution in [3.63, 3.8) is 0 Å². The molecule has 0 radical (unpaired) electrons. The highest BCUT2D eigenvalue weighted by Gasteiger charge is 2.28. The van der Waals surface area contributed by atoms with Gasteiger partial charge in [0.2, 0.25) is 6.41 Å². The maximum Gasteiger partial charge on any atom is 0.210 e. The Morgan fingerprint density at radius 1 is 1.25 bits per heavy atom. The van der Waals surface area contributed by atoms with Gasteiger partial charge in [0, 0.05) is 30.1 Å². The van der Waals surface area contributed by atoms with Gasteiger partial charge in [-0.05, 0) is 79.6 Å². The largest absolute Gasteiger partial charge is 0.493 e. The lowest BCUT2D eigenvalue weighted by atomic mass is 9.88. The second-order valence-corrected chi connectivity index (χ2v) is 8.36. The molecule has 6 heteroatoms. The number of amides is 1. The fourth-order valence-electron chi connectivity index (χ4n) is 4.73. The topological polar surface area (TPSA) is 71.6 Å². The third kappa shape index (κ3) is 4.35. The van der Waals surface area contributed by atoms with Crippen LogP contribution in [-0.4, -0.2) is 42.3 Å². The van der Waals surface area contributed by atoms with Crippen LogP contribution in [0, 0.1) is 0 Å². The number of aryl methyl sites for hydroxylation is 1. The normalized spacial score (nSPS) is 15.5. The Kier molecular flexibility index (Phi) is 6.49. The number of Topliss-reactive ketones (excluding diaryl/α,β-unsaturated/α-hetero) is 1. The van der Waals surface area contributed by atoms with Crippen LogP contribution in [0.3, 0.4) is 0 Å². The van der Waals surface area contributed by atoms with Gasteiger partial charge in [-0.3, -0.25) is 9.59 Å². The molecule has 1 N–H and O–H groups in total. The first-order valence-electron chi connectivity index (χ1n) is 11.2. The van der Waals surface area contributed by atoms with Gasteiger partial charge in [-0.2, -0.15) is 0 Å². The number of hydrogen-bond acceptors (Lipinski definition) is 4. The van der Waals surface area contributed by atoms with Gasteiger partial charge in [-0.15, -0.1) is 0 Å². The van der Waals surface area contributed by atoms with Crippen molar-refractivity contribution in [1.29, 1.82) is 0 Å². The standard InChI is InChI=1S/C26H30N2O4/c1-4-32-26-14-22-19(13-25(26)31-3)9-10-28(16-29)24(22)8-6-20-15-27-23-7-5-18(11-17(2)30)12-21(20)23/h5,7,12-16,24,27H,4,6,8-11H2,1-3H3/t24-/m1/s1. The highest BCUT2D eigenvalue weighted by Crippen LogP contribution is 2.40. The van der Waals surface area contributed by atoms with Gasteiger partial charge in [0.25, 0.3) is 0 Å². The summed E-state index contributed by atoms with van der Waals surface area (Å²) in [7, 11) is 1.65. The zero-order valence-electron chi connectivity index (χ0n) is 18.9. The van der Waals surface area contributed by atoms with E-state index in [-0.39, 0.29) is 11.8 Å². The molecule has 168 valence electrons. The van der Waals surface area contributed by atoms with Gasteiger partial charge in [-0.25, -0.2) is 0 Å². The maximum atomic E-state index is 11.9. The van der Waals surface area contributed by atoms with Crippen LogP contribution in [0.25, 0.3) is 10.9 Å². The van der Waals surface area contributed by atoms with Crippen molar-refractivity contribution >= 4 is 23.1 Å². The Bertz CT molecular complexity index is 1130. The Morgan fingerprint density at radius 2 is 2.09 bits per heavy atom. The summed E-state index contributed by atoms with van der Waals surface area (Å²) in [4.78, 5) is 28.6. The highest BCUT2D eigenvalue weighted by molar-refractivity contribution is 5.86. The first kappa shape index (κ1) is 21.9. The van der Waals surface area contributed by atoms with E-state index in [1.54, 1.807) is 14.0 Å². The number of H-pyrrole nitrogens is 1. The van der Waals surface area contributed by atoms with E-state index in [4.69, 9.17) is 9.47 Å². The number of aromatic nitrogens is 1. The summed E-state index contributed by atoms with van der Waals surface area (Å²) in [6.07, 6.45) is 5.85. The number of methoxy groups -OCH3 is 1. The van der Waals surface area contributed by atoms with E-state index in [0.717, 1.165) is 53.5 Å². The van der Waals surface area contributed by atoms with Crippen molar-refractivity contribution in [3.05, 3.63) is 58.8 Å². The maximum absolute atomic E-state index is 11.9. The van der Waals surface area contributed by atoms with Crippen LogP contribution in [-0.2, 0) is 28.9 Å². The minimum atomic E-state index is -0.0216. The number of carbonyl (C=O) groups excluding carboxylic acids is 2. The van der Waals surface area contributed by atoms with Gasteiger partial charge in [0.1, 0.15) is 5.78 Å². The van der Waals surface area contributed by atoms with Crippen molar-refractivity contribution in [2.24, 2.45) is 0 Å². The fraction of sp³-hybridized carbons (Fsp3) is 0.385. The number of aromatic amines is 1. The third-order valence-corrected chi connectivity index (χ3v) is 6.23. The molecular formula is C26H30N2O4. The number of ether oxygens (including phenoxy) is 2. The molecule has 3 aromatic rings. The molecule has 2 heterocycles. The van der Waals surface area contributed by atoms with Crippen molar-refractivity contribution in [2.45, 2.75) is 45.6 Å². The van der Waals surface area contributed by atoms with Gasteiger partial charge < -0.3 is 19.4 Å². The van der Waals surface area contributed by atoms with Crippen LogP contribution in [0.4, 0.5) is 0 Å². The molecule has 1 aliphatic heterocycles. The fourth-order valence-corrected chi connectivity index (χ4v) is 4.73. The van der Waals surface area contributed by atoms with Crippen LogP contribution >= 0.6 is 0 Å². The van der Waals surface area contributed by atoms with Gasteiger partial charge in [0.15, 0.2) is 11.5 Å². The van der Waals surface area contributed by atoms with E-state index in [1.165, 1.54) is 11.1 Å². The van der Waals surface area contributed by atoms with Gasteiger partial charge >= 0.3 is 0 Å². The minimum absolute atomic E-state index is 0.0216. The monoisotopic (exact) mass is 434 g/mol. The molecule has 0 fully saturated rings. The Labute approximate surface area is 188 Å². The van der Waals surface area contributed by atoms with E-state index in [9.17, 15) is 9.59 Å². The number of nitrogens with one attached hydrogen (secondary N) is 1. The molecule has 4 rings (SSSR count). The summed E-state index contributed by atoms with van der Waals surface area (Å²) >= 11 is 0. The van der Waals surface area contributed by atoms with Crippen LogP contribution in [0.15, 0.2) is 36.5 Å². The summed E-state index contributed by atoms with van der Waals surface area (Å²) in [5.41, 5.74) is 5.62. The van der Waals surface area contributed by atoms with Crippen molar-refractivity contribution in [3.8, 4) is 11.5 Å². The van der Waals surface area contributed by atoms with E-state index in [0.29, 0.717) is 25.3 Å². The van der Waals surface area contributed by atoms with Crippen LogP contribution in [0.1, 0.15) is 48.6 Å². The van der Waals surface area contributed by atoms with Gasteiger partial charge in [0.05, 0.1) is 19.8 Å². The number of benzene rings is 2. The molecule has 1 aliphatic rings. The summed E-state index contributed by atoms with van der Waals surface area (Å²) in [6, 6.07) is 10.2. The van der Waals surface area contributed by atoms with Crippen molar-refractivity contribution < 1.29 is 19.1 Å². The number of carbonyl (C=O) groups is 2. The van der Waals surface area contributed by atoms with E-state index < -0.39 is 0 Å². The summed E-state index contributed by atoms with van der Waals surface area (Å²) < 4.78 is 11.3. The average Bonchev–Trinajstić information content (AvgIpc) is 3.19. The molecule has 1 atom stereocenters. The van der Waals surface area contributed by atoms with E-state index >= 15 is 0 Å². The molecule has 0 spiro atoms. The molecule has 32 heavy (non-hydrogen) atoms. The lowest BCUT2D eigenvalue weighted by molar-refractivity contribution is -0.121. The predicted molar refractivity (Wildman–Crippen MR) is 124 cm³/mol. The lowest BCUT2D eigenvalue weighted by Crippen LogP contribution is -2.34. The van der Waals surface area contributed by atoms with Crippen molar-refractivity contribution in [2.75, 3.05) is 20.3 Å². The smallest absolute Gasteiger partial charge is 0.210 e. The molecule has 0 bridgehead atoms. The second-order valence-electron chi connectivity index (χ2n) is 8.36. The quantitative estimate of drug-likeness (QED) is 0.507. The molecule has 1 aromatic heterocycles. The number of rotatable bonds is 9. The average molecular weight is 435 g/mol.